The summed E-state index contributed by atoms with van der Waals surface area (Å²) >= 11 is 6.11. The van der Waals surface area contributed by atoms with Crippen LogP contribution in [-0.4, -0.2) is 54.5 Å². The van der Waals surface area contributed by atoms with Gasteiger partial charge < -0.3 is 9.64 Å². The molecule has 1 heterocycles. The molecule has 1 unspecified atom stereocenters. The minimum absolute atomic E-state index is 0.00870. The molecule has 0 N–H and O–H groups in total. The van der Waals surface area contributed by atoms with Crippen molar-refractivity contribution >= 4 is 23.6 Å². The monoisotopic (exact) mass is 384 g/mol. The summed E-state index contributed by atoms with van der Waals surface area (Å²) in [7, 11) is 0. The topological polar surface area (TPSA) is 32.8 Å². The van der Waals surface area contributed by atoms with Gasteiger partial charge in [0, 0.05) is 32.7 Å². The zero-order chi connectivity index (χ0) is 19.1. The van der Waals surface area contributed by atoms with Crippen LogP contribution in [0.2, 0.25) is 5.02 Å². The van der Waals surface area contributed by atoms with Gasteiger partial charge in [-0.25, -0.2) is 0 Å². The largest absolute Gasteiger partial charge is 0.479 e. The Balaban J connectivity index is 1.45. The van der Waals surface area contributed by atoms with E-state index in [9.17, 15) is 4.79 Å². The Morgan fingerprint density at radius 2 is 1.74 bits per heavy atom. The molecule has 0 radical (unpaired) electrons. The van der Waals surface area contributed by atoms with Crippen LogP contribution < -0.4 is 4.74 Å². The normalized spacial score (nSPS) is 16.4. The van der Waals surface area contributed by atoms with Crippen molar-refractivity contribution in [3.05, 3.63) is 71.3 Å². The number of hydrogen-bond acceptors (Lipinski definition) is 3. The minimum Gasteiger partial charge on any atom is -0.479 e. The highest BCUT2D eigenvalue weighted by Gasteiger charge is 2.26. The average molecular weight is 385 g/mol. The van der Waals surface area contributed by atoms with E-state index in [4.69, 9.17) is 16.3 Å². The second-order valence-electron chi connectivity index (χ2n) is 6.63. The van der Waals surface area contributed by atoms with Crippen molar-refractivity contribution in [2.24, 2.45) is 0 Å². The molecule has 2 aromatic rings. The van der Waals surface area contributed by atoms with Crippen LogP contribution in [0.5, 0.6) is 5.75 Å². The van der Waals surface area contributed by atoms with Gasteiger partial charge in [-0.3, -0.25) is 9.69 Å². The Morgan fingerprint density at radius 1 is 1.07 bits per heavy atom. The number of halogens is 1. The first-order valence-corrected chi connectivity index (χ1v) is 9.65. The van der Waals surface area contributed by atoms with Crippen molar-refractivity contribution in [3.63, 3.8) is 0 Å². The van der Waals surface area contributed by atoms with Crippen molar-refractivity contribution < 1.29 is 9.53 Å². The number of hydrogen-bond donors (Lipinski definition) is 0. The second kappa shape index (κ2) is 9.58. The third-order valence-corrected chi connectivity index (χ3v) is 4.96. The van der Waals surface area contributed by atoms with Gasteiger partial charge in [0.25, 0.3) is 5.91 Å². The predicted molar refractivity (Wildman–Crippen MR) is 110 cm³/mol. The number of benzene rings is 2. The lowest BCUT2D eigenvalue weighted by atomic mass is 10.2. The van der Waals surface area contributed by atoms with E-state index in [1.54, 1.807) is 19.1 Å². The third-order valence-electron chi connectivity index (χ3n) is 4.65. The van der Waals surface area contributed by atoms with Crippen molar-refractivity contribution in [3.8, 4) is 5.75 Å². The minimum atomic E-state index is -0.547. The van der Waals surface area contributed by atoms with Crippen LogP contribution in [0, 0.1) is 0 Å². The molecule has 1 amide bonds. The lowest BCUT2D eigenvalue weighted by Crippen LogP contribution is -2.51. The first-order valence-electron chi connectivity index (χ1n) is 9.27. The predicted octanol–water partition coefficient (Wildman–Crippen LogP) is 3.96. The van der Waals surface area contributed by atoms with Gasteiger partial charge >= 0.3 is 0 Å². The number of ether oxygens (including phenoxy) is 1. The van der Waals surface area contributed by atoms with Crippen LogP contribution in [0.25, 0.3) is 6.08 Å². The van der Waals surface area contributed by atoms with Crippen LogP contribution in [0.1, 0.15) is 12.5 Å². The molecule has 1 fully saturated rings. The summed E-state index contributed by atoms with van der Waals surface area (Å²) < 4.78 is 5.75. The highest BCUT2D eigenvalue weighted by Crippen LogP contribution is 2.24. The number of carbonyl (C=O) groups is 1. The third kappa shape index (κ3) is 5.59. The maximum atomic E-state index is 12.6. The van der Waals surface area contributed by atoms with Crippen molar-refractivity contribution in [2.45, 2.75) is 13.0 Å². The number of piperazine rings is 1. The smallest absolute Gasteiger partial charge is 0.263 e. The van der Waals surface area contributed by atoms with E-state index in [1.807, 2.05) is 35.2 Å². The Hall–Kier alpha value is -2.30. The van der Waals surface area contributed by atoms with E-state index in [0.29, 0.717) is 23.9 Å². The molecule has 2 aromatic carbocycles. The van der Waals surface area contributed by atoms with Crippen LogP contribution in [-0.2, 0) is 4.79 Å². The fourth-order valence-corrected chi connectivity index (χ4v) is 3.27. The first kappa shape index (κ1) is 19.5. The van der Waals surface area contributed by atoms with E-state index in [1.165, 1.54) is 5.56 Å². The molecular weight excluding hydrogens is 360 g/mol. The highest BCUT2D eigenvalue weighted by atomic mass is 35.5. The Kier molecular flexibility index (Phi) is 6.91. The summed E-state index contributed by atoms with van der Waals surface area (Å²) in [5.41, 5.74) is 1.21. The van der Waals surface area contributed by atoms with Crippen molar-refractivity contribution in [2.75, 3.05) is 32.7 Å². The fraction of sp³-hybridized carbons (Fsp3) is 0.318. The molecular formula is C22H25ClN2O2. The number of rotatable bonds is 6. The van der Waals surface area contributed by atoms with Gasteiger partial charge in [0.1, 0.15) is 5.75 Å². The molecule has 0 saturated carbocycles. The molecule has 142 valence electrons. The number of para-hydroxylation sites is 1. The van der Waals surface area contributed by atoms with Gasteiger partial charge in [0.2, 0.25) is 0 Å². The number of amides is 1. The van der Waals surface area contributed by atoms with Gasteiger partial charge in [0.15, 0.2) is 6.10 Å². The summed E-state index contributed by atoms with van der Waals surface area (Å²) in [5.74, 6) is 0.555. The lowest BCUT2D eigenvalue weighted by Gasteiger charge is -2.35. The molecule has 1 aliphatic heterocycles. The Morgan fingerprint density at radius 3 is 2.44 bits per heavy atom. The maximum absolute atomic E-state index is 12.6. The fourth-order valence-electron chi connectivity index (χ4n) is 3.09. The van der Waals surface area contributed by atoms with Crippen LogP contribution in [0.15, 0.2) is 60.7 Å². The van der Waals surface area contributed by atoms with Crippen LogP contribution in [0.3, 0.4) is 0 Å². The first-order chi connectivity index (χ1) is 13.1. The SMILES string of the molecule is CC(Oc1ccccc1Cl)C(=O)N1CCN(C/C=C/c2ccccc2)CC1. The zero-order valence-electron chi connectivity index (χ0n) is 15.6. The number of nitrogens with zero attached hydrogens (tertiary/aromatic N) is 2. The summed E-state index contributed by atoms with van der Waals surface area (Å²) in [6.45, 7) is 5.83. The Labute approximate surface area is 166 Å². The van der Waals surface area contributed by atoms with Gasteiger partial charge in [-0.2, -0.15) is 0 Å². The van der Waals surface area contributed by atoms with E-state index in [0.717, 1.165) is 19.6 Å². The van der Waals surface area contributed by atoms with E-state index < -0.39 is 6.10 Å². The molecule has 1 saturated heterocycles. The summed E-state index contributed by atoms with van der Waals surface area (Å²) in [4.78, 5) is 16.9. The summed E-state index contributed by atoms with van der Waals surface area (Å²) in [6.07, 6.45) is 3.77. The molecule has 4 nitrogen and oxygen atoms in total. The molecule has 1 atom stereocenters. The molecule has 5 heteroatoms. The van der Waals surface area contributed by atoms with E-state index in [-0.39, 0.29) is 5.91 Å². The molecule has 0 aromatic heterocycles. The maximum Gasteiger partial charge on any atom is 0.263 e. The highest BCUT2D eigenvalue weighted by molar-refractivity contribution is 6.32. The van der Waals surface area contributed by atoms with Gasteiger partial charge in [-0.1, -0.05) is 66.2 Å². The zero-order valence-corrected chi connectivity index (χ0v) is 16.3. The van der Waals surface area contributed by atoms with Crippen molar-refractivity contribution in [1.82, 2.24) is 9.80 Å². The standard InChI is InChI=1S/C22H25ClN2O2/c1-18(27-21-12-6-5-11-20(21)23)22(26)25-16-14-24(15-17-25)13-7-10-19-8-3-2-4-9-19/h2-12,18H,13-17H2,1H3/b10-7+. The van der Waals surface area contributed by atoms with Gasteiger partial charge in [-0.15, -0.1) is 0 Å². The lowest BCUT2D eigenvalue weighted by molar-refractivity contribution is -0.139. The van der Waals surface area contributed by atoms with Crippen LogP contribution in [0.4, 0.5) is 0 Å². The molecule has 3 rings (SSSR count). The molecule has 0 spiro atoms. The van der Waals surface area contributed by atoms with Gasteiger partial charge in [0.05, 0.1) is 5.02 Å². The summed E-state index contributed by atoms with van der Waals surface area (Å²) in [6, 6.07) is 17.5. The summed E-state index contributed by atoms with van der Waals surface area (Å²) in [5, 5.41) is 0.521. The van der Waals surface area contributed by atoms with Crippen LogP contribution >= 0.6 is 11.6 Å². The number of carbonyl (C=O) groups excluding carboxylic acids is 1. The second-order valence-corrected chi connectivity index (χ2v) is 7.04. The van der Waals surface area contributed by atoms with E-state index >= 15 is 0 Å². The average Bonchev–Trinajstić information content (AvgIpc) is 2.70. The molecule has 0 bridgehead atoms. The quantitative estimate of drug-likeness (QED) is 0.755. The Bertz CT molecular complexity index is 771. The van der Waals surface area contributed by atoms with Gasteiger partial charge in [-0.05, 0) is 24.6 Å². The molecule has 27 heavy (non-hydrogen) atoms. The molecule has 0 aliphatic carbocycles. The molecule has 1 aliphatic rings. The van der Waals surface area contributed by atoms with Crippen molar-refractivity contribution in [1.29, 1.82) is 0 Å². The van der Waals surface area contributed by atoms with E-state index in [2.05, 4.69) is 29.2 Å².